The average Bonchev–Trinajstić information content (AvgIpc) is 3.03. The number of halogens is 2. The third kappa shape index (κ3) is 4.60. The summed E-state index contributed by atoms with van der Waals surface area (Å²) in [6, 6.07) is 4.85. The molecule has 0 radical (unpaired) electrons. The molecule has 150 valence electrons. The van der Waals surface area contributed by atoms with Gasteiger partial charge >= 0.3 is 11.6 Å². The maximum Gasteiger partial charge on any atom is 0.324 e. The van der Waals surface area contributed by atoms with E-state index >= 15 is 0 Å². The average molecular weight is 444 g/mol. The third-order valence-electron chi connectivity index (χ3n) is 4.37. The monoisotopic (exact) mass is 443 g/mol. The molecule has 2 heterocycles. The fourth-order valence-electron chi connectivity index (χ4n) is 2.79. The fourth-order valence-corrected chi connectivity index (χ4v) is 4.31. The molecule has 11 heteroatoms. The zero-order valence-corrected chi connectivity index (χ0v) is 17.5. The van der Waals surface area contributed by atoms with E-state index in [1.165, 1.54) is 4.81 Å². The van der Waals surface area contributed by atoms with E-state index in [1.54, 1.807) is 18.2 Å². The van der Waals surface area contributed by atoms with Crippen LogP contribution in [-0.4, -0.2) is 64.7 Å². The highest BCUT2D eigenvalue weighted by Crippen LogP contribution is 2.29. The maximum absolute atomic E-state index is 12.7. The van der Waals surface area contributed by atoms with Crippen LogP contribution in [0.3, 0.4) is 0 Å². The quantitative estimate of drug-likeness (QED) is 0.554. The van der Waals surface area contributed by atoms with Crippen molar-refractivity contribution in [3.8, 4) is 0 Å². The smallest absolute Gasteiger partial charge is 0.324 e. The van der Waals surface area contributed by atoms with Gasteiger partial charge in [-0.3, -0.25) is 15.0 Å². The molecule has 28 heavy (non-hydrogen) atoms. The number of benzene rings is 1. The van der Waals surface area contributed by atoms with Crippen LogP contribution in [0.15, 0.2) is 34.9 Å². The Balaban J connectivity index is 1.64. The lowest BCUT2D eigenvalue weighted by molar-refractivity contribution is -0.710. The van der Waals surface area contributed by atoms with Crippen molar-refractivity contribution in [3.05, 3.63) is 45.3 Å². The normalized spacial score (nSPS) is 19.5. The highest BCUT2D eigenvalue weighted by molar-refractivity contribution is 8.14. The topological polar surface area (TPSA) is 95.1 Å². The van der Waals surface area contributed by atoms with Crippen molar-refractivity contribution in [2.45, 2.75) is 6.42 Å². The van der Waals surface area contributed by atoms with Crippen LogP contribution in [0.25, 0.3) is 0 Å². The Kier molecular flexibility index (Phi) is 6.82. The predicted molar refractivity (Wildman–Crippen MR) is 105 cm³/mol. The van der Waals surface area contributed by atoms with Gasteiger partial charge in [0.15, 0.2) is 0 Å². The van der Waals surface area contributed by atoms with E-state index in [-0.39, 0.29) is 50.3 Å². The molecule has 1 saturated heterocycles. The summed E-state index contributed by atoms with van der Waals surface area (Å²) in [5.74, 6) is -0.364. The summed E-state index contributed by atoms with van der Waals surface area (Å²) in [5.41, 5.74) is 0.329. The zero-order valence-electron chi connectivity index (χ0n) is 15.2. The summed E-state index contributed by atoms with van der Waals surface area (Å²) >= 11 is 13.0. The first-order valence-electron chi connectivity index (χ1n) is 8.60. The summed E-state index contributed by atoms with van der Waals surface area (Å²) in [4.78, 5) is 20.8. The number of hydrogen-bond donors (Lipinski definition) is 1. The Bertz CT molecular complexity index is 833. The Labute approximate surface area is 176 Å². The molecule has 2 aliphatic rings. The van der Waals surface area contributed by atoms with Crippen LogP contribution in [0.4, 0.5) is 0 Å². The van der Waals surface area contributed by atoms with Crippen molar-refractivity contribution in [1.82, 2.24) is 9.91 Å². The Hall–Kier alpha value is -1.81. The van der Waals surface area contributed by atoms with Gasteiger partial charge in [0.2, 0.25) is 10.4 Å². The molecular weight excluding hydrogens is 425 g/mol. The number of nitrogens with one attached hydrogen (secondary N) is 1. The molecule has 1 aromatic carbocycles. The van der Waals surface area contributed by atoms with Gasteiger partial charge in [-0.25, -0.2) is 0 Å². The van der Waals surface area contributed by atoms with Crippen LogP contribution in [0.1, 0.15) is 16.8 Å². The summed E-state index contributed by atoms with van der Waals surface area (Å²) in [6.07, 6.45) is 0.0549. The minimum Gasteiger partial charge on any atom is -0.871 e. The van der Waals surface area contributed by atoms with Gasteiger partial charge in [-0.05, 0) is 31.4 Å². The molecule has 1 fully saturated rings. The van der Waals surface area contributed by atoms with Crippen LogP contribution in [0.2, 0.25) is 10.0 Å². The van der Waals surface area contributed by atoms with E-state index in [4.69, 9.17) is 33.4 Å². The van der Waals surface area contributed by atoms with Crippen molar-refractivity contribution < 1.29 is 19.5 Å². The number of rotatable bonds is 5. The summed E-state index contributed by atoms with van der Waals surface area (Å²) in [7, 11) is 2.02. The van der Waals surface area contributed by atoms with Crippen LogP contribution in [0.5, 0.6) is 0 Å². The number of carbonyl (C=O) groups is 1. The lowest BCUT2D eigenvalue weighted by Gasteiger charge is -2.27. The molecule has 0 spiro atoms. The number of likely N-dealkylation sites (N-methyl/N-ethyl adjacent to an activating group) is 1. The SMILES string of the molecule is CN1CCN([N+]2=NOC(=N)C2=C([O-])CCSC(=O)c2c(Cl)cccc2Cl)CC1. The Morgan fingerprint density at radius 1 is 1.32 bits per heavy atom. The van der Waals surface area contributed by atoms with Crippen molar-refractivity contribution >= 4 is 46.0 Å². The second kappa shape index (κ2) is 9.13. The second-order valence-corrected chi connectivity index (χ2v) is 8.18. The molecule has 2 aliphatic heterocycles. The lowest BCUT2D eigenvalue weighted by atomic mass is 10.2. The molecule has 0 saturated carbocycles. The molecule has 0 bridgehead atoms. The third-order valence-corrected chi connectivity index (χ3v) is 5.87. The van der Waals surface area contributed by atoms with Crippen LogP contribution >= 0.6 is 35.0 Å². The Morgan fingerprint density at radius 3 is 2.61 bits per heavy atom. The van der Waals surface area contributed by atoms with Gasteiger partial charge in [0.1, 0.15) is 0 Å². The van der Waals surface area contributed by atoms with E-state index in [9.17, 15) is 9.90 Å². The van der Waals surface area contributed by atoms with Crippen molar-refractivity contribution in [3.63, 3.8) is 0 Å². The molecule has 1 aromatic rings. The number of carbonyl (C=O) groups excluding carboxylic acids is 1. The minimum atomic E-state index is -0.310. The highest BCUT2D eigenvalue weighted by Gasteiger charge is 2.38. The van der Waals surface area contributed by atoms with Gasteiger partial charge in [0, 0.05) is 18.8 Å². The zero-order chi connectivity index (χ0) is 20.3. The summed E-state index contributed by atoms with van der Waals surface area (Å²) < 4.78 is 0. The van der Waals surface area contributed by atoms with E-state index in [2.05, 4.69) is 10.2 Å². The molecule has 0 aliphatic carbocycles. The largest absolute Gasteiger partial charge is 0.871 e. The minimum absolute atomic E-state index is 0.0549. The predicted octanol–water partition coefficient (Wildman–Crippen LogP) is 2.38. The van der Waals surface area contributed by atoms with Gasteiger partial charge in [-0.1, -0.05) is 41.0 Å². The van der Waals surface area contributed by atoms with Gasteiger partial charge in [0.05, 0.1) is 33.5 Å². The van der Waals surface area contributed by atoms with Crippen LogP contribution in [-0.2, 0) is 4.84 Å². The molecule has 0 aromatic heterocycles. The van der Waals surface area contributed by atoms with Crippen LogP contribution < -0.4 is 5.11 Å². The molecule has 8 nitrogen and oxygen atoms in total. The molecule has 0 unspecified atom stereocenters. The van der Waals surface area contributed by atoms with Crippen molar-refractivity contribution in [1.29, 1.82) is 5.41 Å². The molecule has 0 amide bonds. The van der Waals surface area contributed by atoms with Gasteiger partial charge in [-0.15, -0.1) is 0 Å². The number of nitrogens with zero attached hydrogens (tertiary/aromatic N) is 4. The molecular formula is C17H19Cl2N5O3S. The highest BCUT2D eigenvalue weighted by atomic mass is 35.5. The first kappa shape index (κ1) is 20.9. The number of piperazine rings is 1. The first-order chi connectivity index (χ1) is 13.4. The van der Waals surface area contributed by atoms with Gasteiger partial charge < -0.3 is 10.0 Å². The molecule has 1 N–H and O–H groups in total. The number of thioether (sulfide) groups is 1. The lowest BCUT2D eigenvalue weighted by Crippen LogP contribution is -2.48. The van der Waals surface area contributed by atoms with Crippen LogP contribution in [0, 0.1) is 5.41 Å². The Morgan fingerprint density at radius 2 is 1.96 bits per heavy atom. The van der Waals surface area contributed by atoms with E-state index in [0.29, 0.717) is 13.1 Å². The van der Waals surface area contributed by atoms with Crippen molar-refractivity contribution in [2.24, 2.45) is 5.28 Å². The summed E-state index contributed by atoms with van der Waals surface area (Å²) in [6.45, 7) is 2.99. The number of hydrogen-bond acceptors (Lipinski definition) is 8. The van der Waals surface area contributed by atoms with E-state index in [1.807, 2.05) is 12.1 Å². The fraction of sp³-hybridized carbons (Fsp3) is 0.412. The van der Waals surface area contributed by atoms with Gasteiger partial charge in [0.25, 0.3) is 0 Å². The van der Waals surface area contributed by atoms with E-state index in [0.717, 1.165) is 24.9 Å². The maximum atomic E-state index is 12.7. The molecule has 3 rings (SSSR count). The molecule has 0 atom stereocenters. The standard InChI is InChI=1S/C17H19Cl2N5O3S/c1-22-6-8-23(9-7-22)24-15(16(20)27-21-24)13(25)5-10-28-17(26)14-11(18)3-2-4-12(14)19/h2-4H,5-10H2,1H3,(H-,20,21,25). The number of hydrazine groups is 1. The van der Waals surface area contributed by atoms with E-state index < -0.39 is 0 Å². The number of allylic oxidation sites excluding steroid dienone is 1. The van der Waals surface area contributed by atoms with Gasteiger partial charge in [-0.2, -0.15) is 5.01 Å². The summed E-state index contributed by atoms with van der Waals surface area (Å²) in [5, 5.41) is 26.5. The first-order valence-corrected chi connectivity index (χ1v) is 10.3. The second-order valence-electron chi connectivity index (χ2n) is 6.30. The van der Waals surface area contributed by atoms with Crippen molar-refractivity contribution in [2.75, 3.05) is 39.0 Å².